The van der Waals surface area contributed by atoms with Crippen molar-refractivity contribution in [3.63, 3.8) is 0 Å². The van der Waals surface area contributed by atoms with Gasteiger partial charge in [0.2, 0.25) is 0 Å². The molecule has 0 radical (unpaired) electrons. The van der Waals surface area contributed by atoms with Crippen molar-refractivity contribution in [3.05, 3.63) is 70.9 Å². The number of rotatable bonds is 5. The van der Waals surface area contributed by atoms with E-state index in [2.05, 4.69) is 15.5 Å². The third-order valence-electron chi connectivity index (χ3n) is 6.21. The number of fused-ring (bicyclic) bond motifs is 1. The smallest absolute Gasteiger partial charge is 0.254 e. The van der Waals surface area contributed by atoms with E-state index in [4.69, 9.17) is 9.72 Å². The molecule has 1 amide bonds. The highest BCUT2D eigenvalue weighted by atomic mass is 16.5. The molecule has 8 nitrogen and oxygen atoms in total. The third kappa shape index (κ3) is 4.61. The Kier molecular flexibility index (Phi) is 6.20. The monoisotopic (exact) mass is 469 g/mol. The van der Waals surface area contributed by atoms with Crippen LogP contribution >= 0.6 is 0 Å². The van der Waals surface area contributed by atoms with E-state index < -0.39 is 0 Å². The minimum Gasteiger partial charge on any atom is -0.508 e. The number of pyridine rings is 1. The zero-order chi connectivity index (χ0) is 24.4. The number of amides is 1. The molecule has 1 saturated heterocycles. The van der Waals surface area contributed by atoms with Crippen molar-refractivity contribution in [2.24, 2.45) is 0 Å². The fourth-order valence-corrected chi connectivity index (χ4v) is 4.34. The van der Waals surface area contributed by atoms with Gasteiger partial charge in [-0.15, -0.1) is 0 Å². The number of hydrogen-bond acceptors (Lipinski definition) is 6. The number of methoxy groups -OCH3 is 1. The number of aromatic nitrogens is 3. The summed E-state index contributed by atoms with van der Waals surface area (Å²) in [4.78, 5) is 20.2. The van der Waals surface area contributed by atoms with E-state index >= 15 is 0 Å². The molecule has 35 heavy (non-hydrogen) atoms. The average Bonchev–Trinajstić information content (AvgIpc) is 3.30. The molecule has 0 saturated carbocycles. The van der Waals surface area contributed by atoms with E-state index in [0.29, 0.717) is 35.4 Å². The zero-order valence-corrected chi connectivity index (χ0v) is 19.7. The Hall–Kier alpha value is -4.17. The Bertz CT molecular complexity index is 1400. The van der Waals surface area contributed by atoms with Crippen LogP contribution in [0.3, 0.4) is 0 Å². The quantitative estimate of drug-likeness (QED) is 0.410. The molecule has 0 unspecified atom stereocenters. The van der Waals surface area contributed by atoms with Crippen molar-refractivity contribution in [1.29, 1.82) is 0 Å². The number of benzene rings is 2. The first-order chi connectivity index (χ1) is 17.0. The summed E-state index contributed by atoms with van der Waals surface area (Å²) in [5.41, 5.74) is 5.22. The molecular weight excluding hydrogens is 442 g/mol. The van der Waals surface area contributed by atoms with Gasteiger partial charge in [0.1, 0.15) is 11.5 Å². The molecular formula is C27H27N5O3. The molecule has 2 aromatic heterocycles. The highest BCUT2D eigenvalue weighted by Gasteiger charge is 2.24. The fraction of sp³-hybridized carbons (Fsp3) is 0.222. The van der Waals surface area contributed by atoms with Gasteiger partial charge in [0.15, 0.2) is 5.65 Å². The Morgan fingerprint density at radius 2 is 1.86 bits per heavy atom. The van der Waals surface area contributed by atoms with Gasteiger partial charge in [-0.05, 0) is 66.6 Å². The van der Waals surface area contributed by atoms with Crippen LogP contribution < -0.4 is 10.1 Å². The standard InChI is InChI=1S/C27H27N5O3/c1-17-15-18(4-10-24(17)35-2)3-9-22-25-21(27(34)32-13-11-28-12-14-32)16-23(29-26(25)31-30-22)19-5-7-20(33)8-6-19/h3-10,15-16,28,33H,11-14H2,1-2H3,(H,29,30,31). The summed E-state index contributed by atoms with van der Waals surface area (Å²) in [5.74, 6) is 0.965. The van der Waals surface area contributed by atoms with Crippen LogP contribution in [-0.4, -0.2) is 64.4 Å². The molecule has 0 bridgehead atoms. The van der Waals surface area contributed by atoms with Crippen LogP contribution in [-0.2, 0) is 0 Å². The van der Waals surface area contributed by atoms with Crippen molar-refractivity contribution < 1.29 is 14.6 Å². The number of nitrogens with zero attached hydrogens (tertiary/aromatic N) is 3. The van der Waals surface area contributed by atoms with Gasteiger partial charge in [-0.3, -0.25) is 9.89 Å². The SMILES string of the molecule is COc1ccc(C=Cc2[nH]nc3nc(-c4ccc(O)cc4)cc(C(=O)N4CCNCC4)c23)cc1C. The summed E-state index contributed by atoms with van der Waals surface area (Å²) in [6.07, 6.45) is 3.90. The van der Waals surface area contributed by atoms with E-state index in [9.17, 15) is 9.90 Å². The molecule has 178 valence electrons. The van der Waals surface area contributed by atoms with Crippen LogP contribution in [0.4, 0.5) is 0 Å². The summed E-state index contributed by atoms with van der Waals surface area (Å²) < 4.78 is 5.35. The maximum absolute atomic E-state index is 13.6. The van der Waals surface area contributed by atoms with Gasteiger partial charge < -0.3 is 20.1 Å². The molecule has 0 atom stereocenters. The number of carbonyl (C=O) groups excluding carboxylic acids is 1. The molecule has 0 spiro atoms. The van der Waals surface area contributed by atoms with E-state index in [1.807, 2.05) is 48.2 Å². The summed E-state index contributed by atoms with van der Waals surface area (Å²) in [6.45, 7) is 4.82. The summed E-state index contributed by atoms with van der Waals surface area (Å²) in [5, 5.41) is 21.1. The number of hydrogen-bond donors (Lipinski definition) is 3. The average molecular weight is 470 g/mol. The number of aromatic hydroxyl groups is 1. The Morgan fingerprint density at radius 1 is 1.09 bits per heavy atom. The lowest BCUT2D eigenvalue weighted by atomic mass is 10.0. The Morgan fingerprint density at radius 3 is 2.57 bits per heavy atom. The number of piperazine rings is 1. The van der Waals surface area contributed by atoms with E-state index in [1.54, 1.807) is 31.4 Å². The lowest BCUT2D eigenvalue weighted by Gasteiger charge is -2.27. The second-order valence-electron chi connectivity index (χ2n) is 8.54. The Balaban J connectivity index is 1.59. The van der Waals surface area contributed by atoms with Crippen LogP contribution in [0.15, 0.2) is 48.5 Å². The summed E-state index contributed by atoms with van der Waals surface area (Å²) in [7, 11) is 1.66. The molecule has 4 aromatic rings. The number of H-pyrrole nitrogens is 1. The molecule has 8 heteroatoms. The molecule has 1 fully saturated rings. The van der Waals surface area contributed by atoms with Gasteiger partial charge in [-0.1, -0.05) is 12.1 Å². The van der Waals surface area contributed by atoms with Crippen molar-refractivity contribution >= 4 is 29.1 Å². The van der Waals surface area contributed by atoms with Gasteiger partial charge in [0.05, 0.1) is 29.4 Å². The third-order valence-corrected chi connectivity index (χ3v) is 6.21. The number of carbonyl (C=O) groups is 1. The number of phenols is 1. The van der Waals surface area contributed by atoms with Crippen LogP contribution in [0.5, 0.6) is 11.5 Å². The predicted octanol–water partition coefficient (Wildman–Crippen LogP) is 3.86. The fourth-order valence-electron chi connectivity index (χ4n) is 4.34. The Labute approximate surface area is 203 Å². The molecule has 5 rings (SSSR count). The van der Waals surface area contributed by atoms with Gasteiger partial charge in [-0.2, -0.15) is 5.10 Å². The van der Waals surface area contributed by atoms with E-state index in [1.165, 1.54) is 0 Å². The van der Waals surface area contributed by atoms with Crippen LogP contribution in [0.1, 0.15) is 27.2 Å². The topological polar surface area (TPSA) is 103 Å². The van der Waals surface area contributed by atoms with Crippen LogP contribution in [0, 0.1) is 6.92 Å². The normalized spacial score (nSPS) is 14.1. The molecule has 0 aliphatic carbocycles. The van der Waals surface area contributed by atoms with E-state index in [0.717, 1.165) is 41.2 Å². The van der Waals surface area contributed by atoms with Crippen molar-refractivity contribution in [3.8, 4) is 22.8 Å². The first kappa shape index (κ1) is 22.6. The maximum atomic E-state index is 13.6. The lowest BCUT2D eigenvalue weighted by molar-refractivity contribution is 0.0737. The molecule has 3 heterocycles. The zero-order valence-electron chi connectivity index (χ0n) is 19.7. The van der Waals surface area contributed by atoms with Gasteiger partial charge in [-0.25, -0.2) is 4.98 Å². The van der Waals surface area contributed by atoms with Crippen molar-refractivity contribution in [1.82, 2.24) is 25.4 Å². The molecule has 1 aliphatic rings. The lowest BCUT2D eigenvalue weighted by Crippen LogP contribution is -2.46. The summed E-state index contributed by atoms with van der Waals surface area (Å²) in [6, 6.07) is 14.6. The van der Waals surface area contributed by atoms with Gasteiger partial charge >= 0.3 is 0 Å². The second kappa shape index (κ2) is 9.60. The van der Waals surface area contributed by atoms with Crippen molar-refractivity contribution in [2.45, 2.75) is 6.92 Å². The highest BCUT2D eigenvalue weighted by molar-refractivity contribution is 6.09. The summed E-state index contributed by atoms with van der Waals surface area (Å²) >= 11 is 0. The maximum Gasteiger partial charge on any atom is 0.254 e. The minimum atomic E-state index is -0.0460. The van der Waals surface area contributed by atoms with Crippen molar-refractivity contribution in [2.75, 3.05) is 33.3 Å². The number of phenolic OH excluding ortho intramolecular Hbond substituents is 1. The number of aryl methyl sites for hydroxylation is 1. The number of nitrogens with one attached hydrogen (secondary N) is 2. The largest absolute Gasteiger partial charge is 0.508 e. The van der Waals surface area contributed by atoms with Crippen LogP contribution in [0.25, 0.3) is 34.4 Å². The number of ether oxygens (including phenoxy) is 1. The van der Waals surface area contributed by atoms with Gasteiger partial charge in [0, 0.05) is 31.7 Å². The van der Waals surface area contributed by atoms with Gasteiger partial charge in [0.25, 0.3) is 5.91 Å². The predicted molar refractivity (Wildman–Crippen MR) is 136 cm³/mol. The minimum absolute atomic E-state index is 0.0460. The van der Waals surface area contributed by atoms with Crippen LogP contribution in [0.2, 0.25) is 0 Å². The molecule has 2 aromatic carbocycles. The second-order valence-corrected chi connectivity index (χ2v) is 8.54. The first-order valence-corrected chi connectivity index (χ1v) is 11.5. The highest BCUT2D eigenvalue weighted by Crippen LogP contribution is 2.29. The first-order valence-electron chi connectivity index (χ1n) is 11.5. The molecule has 1 aliphatic heterocycles. The number of aromatic amines is 1. The molecule has 3 N–H and O–H groups in total. The van der Waals surface area contributed by atoms with E-state index in [-0.39, 0.29) is 11.7 Å².